The predicted octanol–water partition coefficient (Wildman–Crippen LogP) is 5.76. The van der Waals surface area contributed by atoms with E-state index in [2.05, 4.69) is 26.5 Å². The molecule has 0 spiro atoms. The van der Waals surface area contributed by atoms with Gasteiger partial charge in [0.25, 0.3) is 5.91 Å². The number of carbonyl (C=O) groups excluding carboxylic acids is 1. The van der Waals surface area contributed by atoms with Crippen molar-refractivity contribution < 1.29 is 14.3 Å². The van der Waals surface area contributed by atoms with Gasteiger partial charge in [-0.05, 0) is 70.4 Å². The van der Waals surface area contributed by atoms with Crippen LogP contribution in [0.1, 0.15) is 27.0 Å². The molecule has 0 aliphatic carbocycles. The lowest BCUT2D eigenvalue weighted by atomic mass is 10.1. The molecule has 0 bridgehead atoms. The van der Waals surface area contributed by atoms with Crippen molar-refractivity contribution in [2.45, 2.75) is 13.5 Å². The number of rotatable bonds is 7. The summed E-state index contributed by atoms with van der Waals surface area (Å²) in [5, 5.41) is 4.71. The maximum atomic E-state index is 12.1. The Morgan fingerprint density at radius 1 is 1.13 bits per heavy atom. The Bertz CT molecular complexity index is 1050. The molecule has 1 amide bonds. The number of nitrogens with one attached hydrogen (secondary N) is 1. The van der Waals surface area contributed by atoms with Gasteiger partial charge in [-0.3, -0.25) is 4.79 Å². The van der Waals surface area contributed by atoms with Crippen LogP contribution in [-0.4, -0.2) is 19.2 Å². The Morgan fingerprint density at radius 3 is 2.50 bits per heavy atom. The van der Waals surface area contributed by atoms with Gasteiger partial charge in [0.2, 0.25) is 0 Å². The highest BCUT2D eigenvalue weighted by molar-refractivity contribution is 9.10. The normalized spacial score (nSPS) is 10.8. The van der Waals surface area contributed by atoms with E-state index < -0.39 is 0 Å². The second-order valence-electron chi connectivity index (χ2n) is 6.51. The molecule has 0 fully saturated rings. The average molecular weight is 488 g/mol. The van der Waals surface area contributed by atoms with Crippen LogP contribution in [0.4, 0.5) is 0 Å². The quantitative estimate of drug-likeness (QED) is 0.340. The molecule has 0 aromatic heterocycles. The third-order valence-electron chi connectivity index (χ3n) is 4.24. The summed E-state index contributed by atoms with van der Waals surface area (Å²) in [6, 6.07) is 18.3. The molecule has 0 saturated heterocycles. The lowest BCUT2D eigenvalue weighted by Gasteiger charge is -2.13. The maximum absolute atomic E-state index is 12.1. The second kappa shape index (κ2) is 10.3. The molecule has 3 aromatic carbocycles. The van der Waals surface area contributed by atoms with Gasteiger partial charge >= 0.3 is 0 Å². The van der Waals surface area contributed by atoms with Gasteiger partial charge in [0, 0.05) is 10.6 Å². The van der Waals surface area contributed by atoms with E-state index in [0.29, 0.717) is 33.2 Å². The highest BCUT2D eigenvalue weighted by atomic mass is 79.9. The van der Waals surface area contributed by atoms with Crippen LogP contribution >= 0.6 is 27.5 Å². The van der Waals surface area contributed by atoms with Crippen molar-refractivity contribution in [1.82, 2.24) is 5.43 Å². The fraction of sp³-hybridized carbons (Fsp3) is 0.130. The molecule has 30 heavy (non-hydrogen) atoms. The van der Waals surface area contributed by atoms with E-state index in [4.69, 9.17) is 21.1 Å². The summed E-state index contributed by atoms with van der Waals surface area (Å²) in [5.74, 6) is 0.845. The number of carbonyl (C=O) groups is 1. The van der Waals surface area contributed by atoms with Gasteiger partial charge in [-0.25, -0.2) is 5.43 Å². The van der Waals surface area contributed by atoms with E-state index in [1.807, 2.05) is 49.4 Å². The number of hydrazone groups is 1. The van der Waals surface area contributed by atoms with Gasteiger partial charge in [0.15, 0.2) is 11.5 Å². The molecular formula is C23H20BrClN2O3. The van der Waals surface area contributed by atoms with Crippen LogP contribution in [-0.2, 0) is 6.61 Å². The number of hydrogen-bond donors (Lipinski definition) is 1. The lowest BCUT2D eigenvalue weighted by Crippen LogP contribution is -2.17. The van der Waals surface area contributed by atoms with E-state index in [1.54, 1.807) is 31.5 Å². The summed E-state index contributed by atoms with van der Waals surface area (Å²) in [6.07, 6.45) is 1.54. The van der Waals surface area contributed by atoms with Gasteiger partial charge in [0.1, 0.15) is 6.61 Å². The Kier molecular flexibility index (Phi) is 7.49. The van der Waals surface area contributed by atoms with Crippen molar-refractivity contribution >= 4 is 39.7 Å². The van der Waals surface area contributed by atoms with Crippen molar-refractivity contribution in [3.05, 3.63) is 92.4 Å². The van der Waals surface area contributed by atoms with Crippen LogP contribution in [0, 0.1) is 6.92 Å². The number of nitrogens with zero attached hydrogens (tertiary/aromatic N) is 1. The van der Waals surface area contributed by atoms with Crippen LogP contribution < -0.4 is 14.9 Å². The molecule has 0 saturated carbocycles. The molecular weight excluding hydrogens is 468 g/mol. The predicted molar refractivity (Wildman–Crippen MR) is 123 cm³/mol. The Hall–Kier alpha value is -2.83. The molecule has 0 heterocycles. The third kappa shape index (κ3) is 5.84. The Morgan fingerprint density at radius 2 is 1.83 bits per heavy atom. The van der Waals surface area contributed by atoms with E-state index >= 15 is 0 Å². The van der Waals surface area contributed by atoms with Gasteiger partial charge in [-0.2, -0.15) is 5.10 Å². The highest BCUT2D eigenvalue weighted by Gasteiger charge is 2.12. The van der Waals surface area contributed by atoms with Crippen molar-refractivity contribution in [3.8, 4) is 11.5 Å². The first-order chi connectivity index (χ1) is 14.5. The van der Waals surface area contributed by atoms with Crippen molar-refractivity contribution in [3.63, 3.8) is 0 Å². The molecule has 5 nitrogen and oxygen atoms in total. The van der Waals surface area contributed by atoms with Crippen LogP contribution in [0.5, 0.6) is 11.5 Å². The number of hydrogen-bond acceptors (Lipinski definition) is 4. The minimum atomic E-state index is -0.278. The number of methoxy groups -OCH3 is 1. The zero-order valence-electron chi connectivity index (χ0n) is 16.5. The molecule has 0 aliphatic heterocycles. The first-order valence-electron chi connectivity index (χ1n) is 9.11. The number of halogens is 2. The Labute approximate surface area is 188 Å². The summed E-state index contributed by atoms with van der Waals surface area (Å²) < 4.78 is 12.1. The molecule has 3 rings (SSSR count). The molecule has 0 aliphatic rings. The van der Waals surface area contributed by atoms with E-state index in [9.17, 15) is 4.79 Å². The summed E-state index contributed by atoms with van der Waals surface area (Å²) >= 11 is 9.43. The van der Waals surface area contributed by atoms with Crippen molar-refractivity contribution in [2.75, 3.05) is 7.11 Å². The fourth-order valence-corrected chi connectivity index (χ4v) is 3.33. The standard InChI is InChI=1S/C23H20BrClN2O3/c1-15-3-7-18(8-4-15)23(28)27-26-13-17-11-20(24)22(21(12-17)29-2)30-14-16-5-9-19(25)10-6-16/h3-13H,14H2,1-2H3,(H,27,28)/b26-13-. The molecule has 3 aromatic rings. The molecule has 0 atom stereocenters. The van der Waals surface area contributed by atoms with Crippen molar-refractivity contribution in [1.29, 1.82) is 0 Å². The van der Waals surface area contributed by atoms with Crippen LogP contribution in [0.15, 0.2) is 70.2 Å². The van der Waals surface area contributed by atoms with Crippen LogP contribution in [0.2, 0.25) is 5.02 Å². The van der Waals surface area contributed by atoms with Gasteiger partial charge in [0.05, 0.1) is 17.8 Å². The summed E-state index contributed by atoms with van der Waals surface area (Å²) in [4.78, 5) is 12.1. The number of amides is 1. The first-order valence-corrected chi connectivity index (χ1v) is 10.3. The topological polar surface area (TPSA) is 59.9 Å². The van der Waals surface area contributed by atoms with Crippen LogP contribution in [0.3, 0.4) is 0 Å². The number of aryl methyl sites for hydroxylation is 1. The molecule has 7 heteroatoms. The van der Waals surface area contributed by atoms with Gasteiger partial charge in [-0.15, -0.1) is 0 Å². The molecule has 1 N–H and O–H groups in total. The fourth-order valence-electron chi connectivity index (χ4n) is 2.63. The number of ether oxygens (including phenoxy) is 2. The lowest BCUT2D eigenvalue weighted by molar-refractivity contribution is 0.0955. The van der Waals surface area contributed by atoms with E-state index in [-0.39, 0.29) is 5.91 Å². The molecule has 0 radical (unpaired) electrons. The smallest absolute Gasteiger partial charge is 0.271 e. The van der Waals surface area contributed by atoms with Gasteiger partial charge < -0.3 is 9.47 Å². The van der Waals surface area contributed by atoms with Gasteiger partial charge in [-0.1, -0.05) is 41.4 Å². The summed E-state index contributed by atoms with van der Waals surface area (Å²) in [7, 11) is 1.57. The molecule has 154 valence electrons. The van der Waals surface area contributed by atoms with Crippen molar-refractivity contribution in [2.24, 2.45) is 5.10 Å². The zero-order chi connectivity index (χ0) is 21.5. The average Bonchev–Trinajstić information content (AvgIpc) is 2.74. The first kappa shape index (κ1) is 21.9. The van der Waals surface area contributed by atoms with Crippen LogP contribution in [0.25, 0.3) is 0 Å². The van der Waals surface area contributed by atoms with E-state index in [1.165, 1.54) is 0 Å². The summed E-state index contributed by atoms with van der Waals surface area (Å²) in [6.45, 7) is 2.33. The SMILES string of the molecule is COc1cc(/C=N\NC(=O)c2ccc(C)cc2)cc(Br)c1OCc1ccc(Cl)cc1. The Balaban J connectivity index is 1.68. The monoisotopic (exact) mass is 486 g/mol. The molecule has 0 unspecified atom stereocenters. The third-order valence-corrected chi connectivity index (χ3v) is 5.08. The number of benzene rings is 3. The highest BCUT2D eigenvalue weighted by Crippen LogP contribution is 2.36. The second-order valence-corrected chi connectivity index (χ2v) is 7.81. The maximum Gasteiger partial charge on any atom is 0.271 e. The minimum absolute atomic E-state index is 0.278. The minimum Gasteiger partial charge on any atom is -0.493 e. The zero-order valence-corrected chi connectivity index (χ0v) is 18.8. The largest absolute Gasteiger partial charge is 0.493 e. The van der Waals surface area contributed by atoms with E-state index in [0.717, 1.165) is 16.7 Å². The summed E-state index contributed by atoms with van der Waals surface area (Å²) in [5.41, 5.74) is 5.88.